The minimum atomic E-state index is -2.27. The Bertz CT molecular complexity index is 1140. The molecule has 14 heteroatoms. The minimum absolute atomic E-state index is 0.0753. The molecule has 3 aromatic rings. The lowest BCUT2D eigenvalue weighted by Gasteiger charge is -2.34. The lowest BCUT2D eigenvalue weighted by Crippen LogP contribution is -2.49. The van der Waals surface area contributed by atoms with Crippen LogP contribution in [-0.4, -0.2) is 106 Å². The van der Waals surface area contributed by atoms with E-state index in [2.05, 4.69) is 14.9 Å². The Morgan fingerprint density at radius 2 is 1.58 bits per heavy atom. The largest absolute Gasteiger partial charge is 0.493 e. The number of hydrogen-bond donors (Lipinski definition) is 5. The van der Waals surface area contributed by atoms with Gasteiger partial charge >= 0.3 is 11.9 Å². The molecule has 0 bridgehead atoms. The number of aromatic amines is 1. The zero-order valence-corrected chi connectivity index (χ0v) is 19.4. The van der Waals surface area contributed by atoms with Crippen LogP contribution in [0.5, 0.6) is 11.5 Å². The Labute approximate surface area is 204 Å². The van der Waals surface area contributed by atoms with Gasteiger partial charge in [-0.1, -0.05) is 0 Å². The average Bonchev–Trinajstić information content (AvgIpc) is 3.56. The number of amides is 1. The third kappa shape index (κ3) is 5.84. The van der Waals surface area contributed by atoms with Crippen LogP contribution >= 0.6 is 0 Å². The number of aliphatic hydroxyl groups is 2. The zero-order valence-electron chi connectivity index (χ0n) is 19.4. The number of piperazine rings is 1. The van der Waals surface area contributed by atoms with Gasteiger partial charge < -0.3 is 49.1 Å². The lowest BCUT2D eigenvalue weighted by molar-refractivity contribution is -0.165. The lowest BCUT2D eigenvalue weighted by atomic mass is 10.2. The number of carboxylic acid groups (broad SMARTS) is 2. The standard InChI is InChI=1S/C18H20N4O4.C4H6O6/c1-24-15-10-12-13(11-16(15)25-2)20-18(19-12)22-7-5-21(6-8-22)17(23)14-4-3-9-26-14;5-1(3(7)8)2(6)4(9)10/h3-4,9-11H,5-8H2,1-2H3,(H,19,20);1-2,5-6H,(H,7,8)(H,9,10). The molecule has 4 rings (SSSR count). The maximum Gasteiger partial charge on any atom is 0.335 e. The summed E-state index contributed by atoms with van der Waals surface area (Å²) >= 11 is 0. The van der Waals surface area contributed by atoms with Crippen molar-refractivity contribution in [1.29, 1.82) is 0 Å². The Morgan fingerprint density at radius 1 is 1.00 bits per heavy atom. The zero-order chi connectivity index (χ0) is 26.4. The SMILES string of the molecule is COc1cc2nc(N3CCN(C(=O)c4ccco4)CC3)[nH]c2cc1OC.O=C(O)C(O)C(O)C(=O)O. The highest BCUT2D eigenvalue weighted by atomic mass is 16.5. The number of benzene rings is 1. The van der Waals surface area contributed by atoms with E-state index in [0.717, 1.165) is 17.0 Å². The minimum Gasteiger partial charge on any atom is -0.493 e. The van der Waals surface area contributed by atoms with Crippen LogP contribution in [0, 0.1) is 0 Å². The molecule has 0 aliphatic carbocycles. The predicted octanol–water partition coefficient (Wildman–Crippen LogP) is 0.0129. The number of carbonyl (C=O) groups is 3. The number of furan rings is 1. The quantitative estimate of drug-likeness (QED) is 0.288. The monoisotopic (exact) mass is 506 g/mol. The van der Waals surface area contributed by atoms with E-state index < -0.39 is 24.1 Å². The van der Waals surface area contributed by atoms with E-state index >= 15 is 0 Å². The Kier molecular flexibility index (Phi) is 8.34. The van der Waals surface area contributed by atoms with Gasteiger partial charge in [0.2, 0.25) is 5.95 Å². The molecule has 1 aromatic carbocycles. The number of rotatable bonds is 7. The van der Waals surface area contributed by atoms with Crippen LogP contribution in [0.15, 0.2) is 34.9 Å². The van der Waals surface area contributed by atoms with Gasteiger partial charge in [0, 0.05) is 38.3 Å². The van der Waals surface area contributed by atoms with Crippen molar-refractivity contribution in [2.45, 2.75) is 12.2 Å². The van der Waals surface area contributed by atoms with Crippen molar-refractivity contribution in [1.82, 2.24) is 14.9 Å². The third-order valence-corrected chi connectivity index (χ3v) is 5.38. The highest BCUT2D eigenvalue weighted by Crippen LogP contribution is 2.32. The summed E-state index contributed by atoms with van der Waals surface area (Å²) in [7, 11) is 3.21. The van der Waals surface area contributed by atoms with Crippen molar-refractivity contribution >= 4 is 34.8 Å². The fraction of sp³-hybridized carbons (Fsp3) is 0.364. The first-order valence-corrected chi connectivity index (χ1v) is 10.7. The van der Waals surface area contributed by atoms with E-state index in [0.29, 0.717) is 43.4 Å². The number of fused-ring (bicyclic) bond motifs is 1. The number of aromatic nitrogens is 2. The fourth-order valence-corrected chi connectivity index (χ4v) is 3.42. The van der Waals surface area contributed by atoms with Gasteiger partial charge in [0.25, 0.3) is 5.91 Å². The highest BCUT2D eigenvalue weighted by Gasteiger charge is 2.29. The number of aliphatic hydroxyl groups excluding tert-OH is 2. The summed E-state index contributed by atoms with van der Waals surface area (Å²) in [5.74, 6) is -1.16. The molecule has 1 saturated heterocycles. The van der Waals surface area contributed by atoms with Crippen LogP contribution in [0.1, 0.15) is 10.6 Å². The Morgan fingerprint density at radius 3 is 2.08 bits per heavy atom. The number of H-pyrrole nitrogens is 1. The van der Waals surface area contributed by atoms with Gasteiger partial charge in [0.15, 0.2) is 29.5 Å². The van der Waals surface area contributed by atoms with Crippen molar-refractivity contribution in [3.63, 3.8) is 0 Å². The number of nitrogens with zero attached hydrogens (tertiary/aromatic N) is 3. The normalized spacial score (nSPS) is 15.0. The van der Waals surface area contributed by atoms with Crippen LogP contribution in [-0.2, 0) is 9.59 Å². The van der Waals surface area contributed by atoms with E-state index in [1.165, 1.54) is 6.26 Å². The second kappa shape index (κ2) is 11.4. The first-order valence-electron chi connectivity index (χ1n) is 10.7. The van der Waals surface area contributed by atoms with Gasteiger partial charge in [0.1, 0.15) is 0 Å². The number of methoxy groups -OCH3 is 2. The Hall–Kier alpha value is -4.30. The molecule has 2 aromatic heterocycles. The Balaban J connectivity index is 0.000000308. The van der Waals surface area contributed by atoms with E-state index in [4.69, 9.17) is 34.3 Å². The molecule has 1 aliphatic rings. The molecule has 0 saturated carbocycles. The van der Waals surface area contributed by atoms with Gasteiger partial charge in [0.05, 0.1) is 31.5 Å². The molecule has 36 heavy (non-hydrogen) atoms. The van der Waals surface area contributed by atoms with E-state index in [9.17, 15) is 14.4 Å². The summed E-state index contributed by atoms with van der Waals surface area (Å²) in [6.45, 7) is 2.62. The van der Waals surface area contributed by atoms with Crippen molar-refractivity contribution < 1.29 is 48.7 Å². The van der Waals surface area contributed by atoms with Gasteiger partial charge in [-0.2, -0.15) is 0 Å². The summed E-state index contributed by atoms with van der Waals surface area (Å²) in [5.41, 5.74) is 1.69. The molecule has 0 spiro atoms. The molecule has 3 heterocycles. The maximum absolute atomic E-state index is 12.3. The van der Waals surface area contributed by atoms with Crippen LogP contribution < -0.4 is 14.4 Å². The van der Waals surface area contributed by atoms with Crippen molar-refractivity contribution in [3.8, 4) is 11.5 Å². The molecular weight excluding hydrogens is 480 g/mol. The number of carbonyl (C=O) groups excluding carboxylic acids is 1. The molecule has 1 aliphatic heterocycles. The summed E-state index contributed by atoms with van der Waals surface area (Å²) < 4.78 is 15.9. The number of ether oxygens (including phenoxy) is 2. The molecule has 2 unspecified atom stereocenters. The highest BCUT2D eigenvalue weighted by molar-refractivity contribution is 5.91. The maximum atomic E-state index is 12.3. The number of aliphatic carboxylic acids is 2. The smallest absolute Gasteiger partial charge is 0.335 e. The molecule has 0 radical (unpaired) electrons. The van der Waals surface area contributed by atoms with Crippen molar-refractivity contribution in [2.75, 3.05) is 45.3 Å². The van der Waals surface area contributed by atoms with Crippen molar-refractivity contribution in [2.24, 2.45) is 0 Å². The molecule has 2 atom stereocenters. The third-order valence-electron chi connectivity index (χ3n) is 5.38. The second-order valence-electron chi connectivity index (χ2n) is 7.61. The van der Waals surface area contributed by atoms with E-state index in [1.54, 1.807) is 31.3 Å². The van der Waals surface area contributed by atoms with Gasteiger partial charge in [-0.15, -0.1) is 0 Å². The summed E-state index contributed by atoms with van der Waals surface area (Å²) in [6, 6.07) is 7.14. The first kappa shape index (κ1) is 26.3. The van der Waals surface area contributed by atoms with Crippen molar-refractivity contribution in [3.05, 3.63) is 36.3 Å². The molecule has 194 valence electrons. The number of imidazole rings is 1. The van der Waals surface area contributed by atoms with Crippen LogP contribution in [0.4, 0.5) is 5.95 Å². The summed E-state index contributed by atoms with van der Waals surface area (Å²) in [4.78, 5) is 43.8. The molecule has 14 nitrogen and oxygen atoms in total. The molecule has 1 amide bonds. The van der Waals surface area contributed by atoms with Gasteiger partial charge in [-0.05, 0) is 12.1 Å². The predicted molar refractivity (Wildman–Crippen MR) is 123 cm³/mol. The summed E-state index contributed by atoms with van der Waals surface area (Å²) in [5, 5.41) is 32.5. The van der Waals surface area contributed by atoms with E-state index in [-0.39, 0.29) is 5.91 Å². The molecule has 1 fully saturated rings. The fourth-order valence-electron chi connectivity index (χ4n) is 3.42. The van der Waals surface area contributed by atoms with Crippen LogP contribution in [0.25, 0.3) is 11.0 Å². The summed E-state index contributed by atoms with van der Waals surface area (Å²) in [6.07, 6.45) is -3.02. The second-order valence-corrected chi connectivity index (χ2v) is 7.61. The topological polar surface area (TPSA) is 199 Å². The number of hydrogen-bond acceptors (Lipinski definition) is 10. The van der Waals surface area contributed by atoms with Gasteiger partial charge in [-0.25, -0.2) is 14.6 Å². The number of anilines is 1. The van der Waals surface area contributed by atoms with Crippen LogP contribution in [0.2, 0.25) is 0 Å². The number of carboxylic acids is 2. The van der Waals surface area contributed by atoms with E-state index in [1.807, 2.05) is 12.1 Å². The van der Waals surface area contributed by atoms with Crippen LogP contribution in [0.3, 0.4) is 0 Å². The first-order chi connectivity index (χ1) is 17.2. The average molecular weight is 506 g/mol. The molecule has 5 N–H and O–H groups in total. The van der Waals surface area contributed by atoms with Gasteiger partial charge in [-0.3, -0.25) is 4.79 Å². The molecular formula is C22H26N4O10. The number of nitrogens with one attached hydrogen (secondary N) is 1.